The van der Waals surface area contributed by atoms with Gasteiger partial charge in [0.25, 0.3) is 0 Å². The van der Waals surface area contributed by atoms with E-state index in [1.54, 1.807) is 0 Å². The molecule has 0 aromatic carbocycles. The summed E-state index contributed by atoms with van der Waals surface area (Å²) in [4.78, 5) is 0. The Bertz CT molecular complexity index is 143. The number of alkyl halides is 3. The molecular weight excluding hydrogens is 141 g/mol. The second-order valence-corrected chi connectivity index (χ2v) is 2.36. The number of allylic oxidation sites excluding steroid dienone is 2. The van der Waals surface area contributed by atoms with Gasteiger partial charge in [0.1, 0.15) is 0 Å². The second-order valence-electron chi connectivity index (χ2n) is 2.36. The zero-order valence-electron chi connectivity index (χ0n) is 5.46. The Morgan fingerprint density at radius 3 is 2.20 bits per heavy atom. The molecule has 3 heteroatoms. The molecule has 1 aliphatic rings. The number of hydrogen-bond acceptors (Lipinski definition) is 0. The molecule has 1 radical (unpaired) electrons. The summed E-state index contributed by atoms with van der Waals surface area (Å²) in [6.45, 7) is 0. The summed E-state index contributed by atoms with van der Waals surface area (Å²) in [5.41, 5.74) is -0.459. The van der Waals surface area contributed by atoms with Crippen LogP contribution in [0.4, 0.5) is 13.2 Å². The van der Waals surface area contributed by atoms with Gasteiger partial charge in [-0.15, -0.1) is 0 Å². The minimum Gasteiger partial charge on any atom is -0.166 e. The summed E-state index contributed by atoms with van der Waals surface area (Å²) >= 11 is 0. The zero-order valence-corrected chi connectivity index (χ0v) is 5.46. The summed E-state index contributed by atoms with van der Waals surface area (Å²) < 4.78 is 35.5. The fourth-order valence-corrected chi connectivity index (χ4v) is 0.996. The normalized spacial score (nSPS) is 20.5. The van der Waals surface area contributed by atoms with E-state index >= 15 is 0 Å². The van der Waals surface area contributed by atoms with Gasteiger partial charge < -0.3 is 0 Å². The van der Waals surface area contributed by atoms with Crippen molar-refractivity contribution in [3.8, 4) is 0 Å². The van der Waals surface area contributed by atoms with Gasteiger partial charge in [-0.1, -0.05) is 0 Å². The van der Waals surface area contributed by atoms with Gasteiger partial charge in [-0.3, -0.25) is 0 Å². The van der Waals surface area contributed by atoms with Crippen molar-refractivity contribution in [1.29, 1.82) is 0 Å². The molecule has 0 unspecified atom stereocenters. The Kier molecular flexibility index (Phi) is 2.02. The highest BCUT2D eigenvalue weighted by Crippen LogP contribution is 2.32. The van der Waals surface area contributed by atoms with Crippen molar-refractivity contribution in [2.75, 3.05) is 0 Å². The van der Waals surface area contributed by atoms with Crippen LogP contribution in [0.25, 0.3) is 0 Å². The predicted octanol–water partition coefficient (Wildman–Crippen LogP) is 2.85. The molecule has 10 heavy (non-hydrogen) atoms. The maximum atomic E-state index is 11.8. The lowest BCUT2D eigenvalue weighted by Crippen LogP contribution is -2.13. The molecule has 0 nitrogen and oxygen atoms in total. The minimum atomic E-state index is -4.12. The average molecular weight is 149 g/mol. The van der Waals surface area contributed by atoms with Crippen molar-refractivity contribution >= 4 is 0 Å². The standard InChI is InChI=1S/C7H8F3/c8-7(9,10)6-4-2-1-3-5-6/h1-4H2. The van der Waals surface area contributed by atoms with E-state index in [4.69, 9.17) is 0 Å². The molecule has 1 rings (SSSR count). The van der Waals surface area contributed by atoms with Crippen LogP contribution in [0.1, 0.15) is 25.7 Å². The van der Waals surface area contributed by atoms with E-state index in [1.165, 1.54) is 0 Å². The van der Waals surface area contributed by atoms with Crippen molar-refractivity contribution in [3.05, 3.63) is 11.6 Å². The lowest BCUT2D eigenvalue weighted by Gasteiger charge is -2.14. The first-order valence-electron chi connectivity index (χ1n) is 3.27. The monoisotopic (exact) mass is 149 g/mol. The third-order valence-corrected chi connectivity index (χ3v) is 1.53. The Balaban J connectivity index is 2.62. The Morgan fingerprint density at radius 1 is 1.20 bits per heavy atom. The van der Waals surface area contributed by atoms with Crippen LogP contribution in [-0.2, 0) is 0 Å². The molecule has 0 fully saturated rings. The fraction of sp³-hybridized carbons (Fsp3) is 0.714. The van der Waals surface area contributed by atoms with Crippen molar-refractivity contribution in [1.82, 2.24) is 0 Å². The van der Waals surface area contributed by atoms with Crippen molar-refractivity contribution in [2.45, 2.75) is 31.9 Å². The van der Waals surface area contributed by atoms with E-state index in [0.29, 0.717) is 12.8 Å². The Labute approximate surface area is 57.7 Å². The first kappa shape index (κ1) is 7.63. The third kappa shape index (κ3) is 1.75. The van der Waals surface area contributed by atoms with E-state index in [1.807, 2.05) is 0 Å². The lowest BCUT2D eigenvalue weighted by atomic mass is 9.99. The smallest absolute Gasteiger partial charge is 0.166 e. The van der Waals surface area contributed by atoms with E-state index < -0.39 is 11.7 Å². The molecule has 57 valence electrons. The summed E-state index contributed by atoms with van der Waals surface area (Å²) in [6, 6.07) is 0. The topological polar surface area (TPSA) is 0 Å². The maximum Gasteiger partial charge on any atom is 0.412 e. The highest BCUT2D eigenvalue weighted by molar-refractivity contribution is 5.06. The fourth-order valence-electron chi connectivity index (χ4n) is 0.996. The molecule has 0 atom stereocenters. The van der Waals surface area contributed by atoms with Gasteiger partial charge in [0.15, 0.2) is 0 Å². The van der Waals surface area contributed by atoms with Gasteiger partial charge in [0.2, 0.25) is 0 Å². The van der Waals surface area contributed by atoms with Crippen molar-refractivity contribution in [2.24, 2.45) is 0 Å². The minimum absolute atomic E-state index is 0.156. The van der Waals surface area contributed by atoms with Crippen molar-refractivity contribution < 1.29 is 13.2 Å². The molecular formula is C7H8F3. The molecule has 0 N–H and O–H groups in total. The quantitative estimate of drug-likeness (QED) is 0.496. The molecule has 0 saturated carbocycles. The summed E-state index contributed by atoms with van der Waals surface area (Å²) in [5.74, 6) is 0. The van der Waals surface area contributed by atoms with E-state index in [0.717, 1.165) is 6.42 Å². The molecule has 0 bridgehead atoms. The molecule has 0 amide bonds. The van der Waals surface area contributed by atoms with Gasteiger partial charge in [-0.2, -0.15) is 13.2 Å². The van der Waals surface area contributed by atoms with E-state index in [9.17, 15) is 13.2 Å². The highest BCUT2D eigenvalue weighted by atomic mass is 19.4. The van der Waals surface area contributed by atoms with Crippen LogP contribution in [0.3, 0.4) is 0 Å². The predicted molar refractivity (Wildman–Crippen MR) is 31.3 cm³/mol. The average Bonchev–Trinajstić information content (AvgIpc) is 1.88. The highest BCUT2D eigenvalue weighted by Gasteiger charge is 2.33. The molecule has 0 aromatic rings. The van der Waals surface area contributed by atoms with Gasteiger partial charge in [0, 0.05) is 5.57 Å². The van der Waals surface area contributed by atoms with Crippen LogP contribution in [0.2, 0.25) is 0 Å². The molecule has 0 spiro atoms. The largest absolute Gasteiger partial charge is 0.412 e. The number of halogens is 3. The maximum absolute atomic E-state index is 11.8. The van der Waals surface area contributed by atoms with E-state index in [-0.39, 0.29) is 6.42 Å². The second kappa shape index (κ2) is 2.64. The van der Waals surface area contributed by atoms with Crippen LogP contribution in [-0.4, -0.2) is 6.18 Å². The molecule has 0 heterocycles. The summed E-state index contributed by atoms with van der Waals surface area (Å²) in [6.07, 6.45) is 0.351. The van der Waals surface area contributed by atoms with Crippen LogP contribution in [0, 0.1) is 6.08 Å². The van der Waals surface area contributed by atoms with Gasteiger partial charge >= 0.3 is 6.18 Å². The number of rotatable bonds is 0. The molecule has 0 aromatic heterocycles. The summed E-state index contributed by atoms with van der Waals surface area (Å²) in [7, 11) is 0. The van der Waals surface area contributed by atoms with Crippen LogP contribution in [0.5, 0.6) is 0 Å². The van der Waals surface area contributed by atoms with E-state index in [2.05, 4.69) is 6.08 Å². The molecule has 0 saturated heterocycles. The van der Waals surface area contributed by atoms with Crippen LogP contribution < -0.4 is 0 Å². The first-order chi connectivity index (χ1) is 4.61. The van der Waals surface area contributed by atoms with Crippen molar-refractivity contribution in [3.63, 3.8) is 0 Å². The lowest BCUT2D eigenvalue weighted by molar-refractivity contribution is -0.0956. The Hall–Kier alpha value is -0.470. The number of hydrogen-bond donors (Lipinski definition) is 0. The third-order valence-electron chi connectivity index (χ3n) is 1.53. The Morgan fingerprint density at radius 2 is 1.90 bits per heavy atom. The van der Waals surface area contributed by atoms with Crippen LogP contribution in [0.15, 0.2) is 5.57 Å². The summed E-state index contributed by atoms with van der Waals surface area (Å²) in [5, 5.41) is 0. The molecule has 1 aliphatic carbocycles. The first-order valence-corrected chi connectivity index (χ1v) is 3.27. The van der Waals surface area contributed by atoms with Gasteiger partial charge in [-0.05, 0) is 31.8 Å². The van der Waals surface area contributed by atoms with Gasteiger partial charge in [0.05, 0.1) is 0 Å². The SMILES string of the molecule is FC(F)(F)C1=[C]CCCC1. The van der Waals surface area contributed by atoms with Gasteiger partial charge in [-0.25, -0.2) is 0 Å². The van der Waals surface area contributed by atoms with Crippen LogP contribution >= 0.6 is 0 Å². The molecule has 0 aliphatic heterocycles. The zero-order chi connectivity index (χ0) is 7.61.